The van der Waals surface area contributed by atoms with Gasteiger partial charge in [-0.05, 0) is 98.4 Å². The molecule has 1 atom stereocenters. The largest absolute Gasteiger partial charge is 0.497 e. The highest BCUT2D eigenvalue weighted by Crippen LogP contribution is 2.34. The van der Waals surface area contributed by atoms with Crippen LogP contribution in [0, 0.1) is 3.57 Å². The number of hydrogen-bond acceptors (Lipinski definition) is 4. The zero-order valence-electron chi connectivity index (χ0n) is 17.3. The van der Waals surface area contributed by atoms with Crippen molar-refractivity contribution in [2.45, 2.75) is 39.7 Å². The van der Waals surface area contributed by atoms with E-state index in [4.69, 9.17) is 9.72 Å². The zero-order valence-corrected chi connectivity index (χ0v) is 19.4. The summed E-state index contributed by atoms with van der Waals surface area (Å²) in [7, 11) is 1.71. The number of aromatic nitrogens is 1. The van der Waals surface area contributed by atoms with E-state index in [9.17, 15) is 0 Å². The summed E-state index contributed by atoms with van der Waals surface area (Å²) in [5.74, 6) is 0.858. The molecule has 2 aromatic carbocycles. The van der Waals surface area contributed by atoms with E-state index in [0.717, 1.165) is 59.3 Å². The average Bonchev–Trinajstić information content (AvgIpc) is 2.70. The molecule has 3 aromatic rings. The second-order valence-electron chi connectivity index (χ2n) is 7.25. The number of hydrogen-bond donors (Lipinski definition) is 1. The lowest BCUT2D eigenvalue weighted by Crippen LogP contribution is -2.25. The van der Waals surface area contributed by atoms with Crippen LogP contribution in [0.3, 0.4) is 0 Å². The van der Waals surface area contributed by atoms with Gasteiger partial charge < -0.3 is 15.0 Å². The van der Waals surface area contributed by atoms with Gasteiger partial charge in [-0.2, -0.15) is 0 Å². The Labute approximate surface area is 181 Å². The molecule has 0 aliphatic heterocycles. The second kappa shape index (κ2) is 9.74. The number of methoxy groups -OCH3 is 1. The van der Waals surface area contributed by atoms with Crippen LogP contribution in [0.5, 0.6) is 5.75 Å². The highest BCUT2D eigenvalue weighted by molar-refractivity contribution is 14.1. The number of nitrogens with one attached hydrogen (secondary N) is 1. The molecule has 0 aliphatic carbocycles. The van der Waals surface area contributed by atoms with E-state index in [1.165, 1.54) is 9.99 Å². The molecule has 0 fully saturated rings. The maximum atomic E-state index is 5.47. The molecule has 0 saturated carbocycles. The predicted octanol–water partition coefficient (Wildman–Crippen LogP) is 5.92. The van der Waals surface area contributed by atoms with E-state index < -0.39 is 0 Å². The maximum Gasteiger partial charge on any atom is 0.119 e. The van der Waals surface area contributed by atoms with Crippen LogP contribution in [0.25, 0.3) is 21.8 Å². The van der Waals surface area contributed by atoms with Crippen LogP contribution in [0.2, 0.25) is 0 Å². The number of rotatable bonds is 9. The van der Waals surface area contributed by atoms with Crippen molar-refractivity contribution >= 4 is 50.1 Å². The summed E-state index contributed by atoms with van der Waals surface area (Å²) >= 11 is 2.35. The number of ether oxygens (including phenoxy) is 1. The highest BCUT2D eigenvalue weighted by Gasteiger charge is 2.13. The van der Waals surface area contributed by atoms with Crippen molar-refractivity contribution in [3.05, 3.63) is 40.0 Å². The number of benzene rings is 2. The first-order valence-corrected chi connectivity index (χ1v) is 11.2. The predicted molar refractivity (Wildman–Crippen MR) is 129 cm³/mol. The minimum Gasteiger partial charge on any atom is -0.497 e. The first-order valence-electron chi connectivity index (χ1n) is 10.1. The van der Waals surface area contributed by atoms with Crippen molar-refractivity contribution in [2.24, 2.45) is 0 Å². The van der Waals surface area contributed by atoms with Crippen molar-refractivity contribution in [3.8, 4) is 5.75 Å². The molecule has 150 valence electrons. The van der Waals surface area contributed by atoms with Crippen LogP contribution in [-0.4, -0.2) is 42.7 Å². The topological polar surface area (TPSA) is 37.4 Å². The normalized spacial score (nSPS) is 12.6. The molecule has 0 radical (unpaired) electrons. The van der Waals surface area contributed by atoms with Crippen LogP contribution in [0.1, 0.15) is 33.6 Å². The molecular formula is C23H30IN3O. The fourth-order valence-corrected chi connectivity index (χ4v) is 4.13. The van der Waals surface area contributed by atoms with Crippen molar-refractivity contribution in [1.82, 2.24) is 9.88 Å². The number of pyridine rings is 1. The first-order chi connectivity index (χ1) is 13.5. The quantitative estimate of drug-likeness (QED) is 0.299. The Morgan fingerprint density at radius 2 is 1.86 bits per heavy atom. The molecule has 0 amide bonds. The third-order valence-corrected chi connectivity index (χ3v) is 6.01. The minimum atomic E-state index is 0.384. The Morgan fingerprint density at radius 3 is 2.57 bits per heavy atom. The molecule has 3 rings (SSSR count). The fourth-order valence-electron chi connectivity index (χ4n) is 3.66. The lowest BCUT2D eigenvalue weighted by atomic mass is 10.1. The molecule has 0 aliphatic rings. The Balaban J connectivity index is 1.92. The van der Waals surface area contributed by atoms with E-state index in [2.05, 4.69) is 77.8 Å². The first kappa shape index (κ1) is 21.1. The summed E-state index contributed by atoms with van der Waals surface area (Å²) in [6.45, 7) is 10.1. The Bertz CT molecular complexity index is 940. The van der Waals surface area contributed by atoms with Crippen LogP contribution in [0.15, 0.2) is 36.4 Å². The van der Waals surface area contributed by atoms with Gasteiger partial charge in [0.05, 0.1) is 23.8 Å². The lowest BCUT2D eigenvalue weighted by molar-refractivity contribution is 0.295. The molecule has 4 nitrogen and oxygen atoms in total. The minimum absolute atomic E-state index is 0.384. The smallest absolute Gasteiger partial charge is 0.119 e. The zero-order chi connectivity index (χ0) is 20.1. The van der Waals surface area contributed by atoms with Gasteiger partial charge in [-0.25, -0.2) is 4.98 Å². The summed E-state index contributed by atoms with van der Waals surface area (Å²) < 4.78 is 6.66. The number of nitrogens with zero attached hydrogens (tertiary/aromatic N) is 2. The Kier molecular flexibility index (Phi) is 7.35. The van der Waals surface area contributed by atoms with Gasteiger partial charge in [0.1, 0.15) is 5.75 Å². The number of halogens is 1. The molecular weight excluding hydrogens is 459 g/mol. The van der Waals surface area contributed by atoms with Crippen molar-refractivity contribution in [1.29, 1.82) is 0 Å². The lowest BCUT2D eigenvalue weighted by Gasteiger charge is -2.22. The molecule has 0 spiro atoms. The summed E-state index contributed by atoms with van der Waals surface area (Å²) in [4.78, 5) is 7.37. The van der Waals surface area contributed by atoms with Gasteiger partial charge in [-0.15, -0.1) is 0 Å². The highest BCUT2D eigenvalue weighted by atomic mass is 125. The van der Waals surface area contributed by atoms with Gasteiger partial charge in [0.25, 0.3) is 0 Å². The molecule has 1 unspecified atom stereocenters. The van der Waals surface area contributed by atoms with Crippen LogP contribution < -0.4 is 10.1 Å². The van der Waals surface area contributed by atoms with Crippen LogP contribution in [-0.2, 0) is 0 Å². The Morgan fingerprint density at radius 1 is 1.07 bits per heavy atom. The summed E-state index contributed by atoms with van der Waals surface area (Å²) in [5.41, 5.74) is 3.18. The van der Waals surface area contributed by atoms with Gasteiger partial charge in [-0.3, -0.25) is 0 Å². The van der Waals surface area contributed by atoms with Gasteiger partial charge >= 0.3 is 0 Å². The average molecular weight is 489 g/mol. The summed E-state index contributed by atoms with van der Waals surface area (Å²) in [6.07, 6.45) is 2.33. The third-order valence-electron chi connectivity index (χ3n) is 5.34. The number of anilines is 1. The molecule has 1 heterocycles. The van der Waals surface area contributed by atoms with Crippen molar-refractivity contribution < 1.29 is 4.74 Å². The van der Waals surface area contributed by atoms with Crippen LogP contribution in [0.4, 0.5) is 5.69 Å². The van der Waals surface area contributed by atoms with Gasteiger partial charge in [-0.1, -0.05) is 13.8 Å². The number of fused-ring (bicyclic) bond motifs is 2. The summed E-state index contributed by atoms with van der Waals surface area (Å²) in [5, 5.41) is 6.07. The van der Waals surface area contributed by atoms with Gasteiger partial charge in [0.2, 0.25) is 0 Å². The molecule has 0 saturated heterocycles. The van der Waals surface area contributed by atoms with Crippen LogP contribution >= 0.6 is 22.6 Å². The molecule has 1 aromatic heterocycles. The molecule has 0 bridgehead atoms. The molecule has 28 heavy (non-hydrogen) atoms. The van der Waals surface area contributed by atoms with E-state index in [-0.39, 0.29) is 0 Å². The summed E-state index contributed by atoms with van der Waals surface area (Å²) in [6, 6.07) is 13.0. The monoisotopic (exact) mass is 489 g/mol. The maximum absolute atomic E-state index is 5.47. The third kappa shape index (κ3) is 4.87. The van der Waals surface area contributed by atoms with Gasteiger partial charge in [0, 0.05) is 20.4 Å². The molecule has 1 N–H and O–H groups in total. The molecule has 5 heteroatoms. The van der Waals surface area contributed by atoms with E-state index in [1.807, 2.05) is 12.1 Å². The van der Waals surface area contributed by atoms with Gasteiger partial charge in [0.15, 0.2) is 0 Å². The van der Waals surface area contributed by atoms with E-state index in [1.54, 1.807) is 7.11 Å². The standard InChI is InChI=1S/C23H30IN3O/c1-5-27(6-2)13-7-8-16(3)25-23-19-11-9-17(24)14-22(19)26-21-12-10-18(28-4)15-20(21)23/h9-12,14-16H,5-8,13H2,1-4H3,(H,25,26)/i24-2. The van der Waals surface area contributed by atoms with E-state index >= 15 is 0 Å². The SMILES string of the molecule is CCN(CC)CCCC(C)Nc1c2ccc([125I])cc2nc2ccc(OC)cc12. The van der Waals surface area contributed by atoms with E-state index in [0.29, 0.717) is 6.04 Å². The van der Waals surface area contributed by atoms with Crippen molar-refractivity contribution in [3.63, 3.8) is 0 Å². The second-order valence-corrected chi connectivity index (χ2v) is 8.49. The van der Waals surface area contributed by atoms with Crippen molar-refractivity contribution in [2.75, 3.05) is 32.1 Å². The Hall–Kier alpha value is -1.60. The fraction of sp³-hybridized carbons (Fsp3) is 0.435.